The van der Waals surface area contributed by atoms with Gasteiger partial charge in [0.25, 0.3) is 0 Å². The highest BCUT2D eigenvalue weighted by Crippen LogP contribution is 2.45. The van der Waals surface area contributed by atoms with Crippen molar-refractivity contribution in [1.29, 1.82) is 0 Å². The Kier molecular flexibility index (Phi) is 4.39. The van der Waals surface area contributed by atoms with Crippen LogP contribution >= 0.6 is 0 Å². The number of cyclic esters (lactones) is 1. The van der Waals surface area contributed by atoms with Crippen LogP contribution in [0.1, 0.15) is 31.7 Å². The summed E-state index contributed by atoms with van der Waals surface area (Å²) < 4.78 is 45.2. The Hall–Kier alpha value is -2.24. The Balaban J connectivity index is 2.00. The van der Waals surface area contributed by atoms with Crippen molar-refractivity contribution in [2.75, 3.05) is 6.54 Å². The molecule has 0 radical (unpaired) electrons. The third-order valence-electron chi connectivity index (χ3n) is 4.98. The first-order valence-electron chi connectivity index (χ1n) is 8.28. The van der Waals surface area contributed by atoms with Crippen LogP contribution in [-0.4, -0.2) is 29.3 Å². The zero-order chi connectivity index (χ0) is 18.1. The van der Waals surface area contributed by atoms with Crippen LogP contribution in [0.15, 0.2) is 54.6 Å². The molecule has 1 amide bonds. The maximum atomic E-state index is 13.3. The van der Waals surface area contributed by atoms with E-state index in [9.17, 15) is 18.0 Å². The average molecular weight is 351 g/mol. The number of hydrogen-bond acceptors (Lipinski definition) is 2. The van der Waals surface area contributed by atoms with E-state index in [4.69, 9.17) is 4.74 Å². The van der Waals surface area contributed by atoms with E-state index in [1.165, 1.54) is 4.90 Å². The van der Waals surface area contributed by atoms with E-state index in [2.05, 4.69) is 0 Å². The van der Waals surface area contributed by atoms with Crippen LogP contribution in [0.3, 0.4) is 0 Å². The summed E-state index contributed by atoms with van der Waals surface area (Å²) in [4.78, 5) is 14.0. The van der Waals surface area contributed by atoms with Gasteiger partial charge in [0, 0.05) is 0 Å². The van der Waals surface area contributed by atoms with Gasteiger partial charge in [-0.25, -0.2) is 4.79 Å². The van der Waals surface area contributed by atoms with E-state index >= 15 is 0 Å². The maximum Gasteiger partial charge on any atom is 0.411 e. The second-order valence-electron chi connectivity index (χ2n) is 6.55. The predicted molar refractivity (Wildman–Crippen MR) is 87.9 cm³/mol. The molecule has 3 rings (SSSR count). The molecule has 134 valence electrons. The first-order chi connectivity index (χ1) is 11.8. The molecular weight excluding hydrogens is 331 g/mol. The van der Waals surface area contributed by atoms with Crippen molar-refractivity contribution >= 4 is 6.09 Å². The van der Waals surface area contributed by atoms with Crippen LogP contribution in [-0.2, 0) is 10.3 Å². The van der Waals surface area contributed by atoms with Crippen LogP contribution in [0.5, 0.6) is 0 Å². The summed E-state index contributed by atoms with van der Waals surface area (Å²) in [7, 11) is 0. The highest BCUT2D eigenvalue weighted by Gasteiger charge is 2.56. The van der Waals surface area contributed by atoms with Crippen LogP contribution in [0.2, 0.25) is 0 Å². The molecule has 0 spiro atoms. The second kappa shape index (κ2) is 6.24. The lowest BCUT2D eigenvalue weighted by molar-refractivity contribution is -0.171. The fourth-order valence-corrected chi connectivity index (χ4v) is 3.63. The lowest BCUT2D eigenvalue weighted by atomic mass is 9.84. The van der Waals surface area contributed by atoms with E-state index < -0.39 is 29.8 Å². The van der Waals surface area contributed by atoms with Crippen LogP contribution in [0.25, 0.3) is 0 Å². The molecule has 6 heteroatoms. The van der Waals surface area contributed by atoms with E-state index in [0.29, 0.717) is 18.4 Å². The summed E-state index contributed by atoms with van der Waals surface area (Å²) in [6.45, 7) is 1.80. The van der Waals surface area contributed by atoms with Crippen molar-refractivity contribution < 1.29 is 22.7 Å². The highest BCUT2D eigenvalue weighted by atomic mass is 19.4. The summed E-state index contributed by atoms with van der Waals surface area (Å²) in [5.41, 5.74) is -1.99. The van der Waals surface area contributed by atoms with Gasteiger partial charge in [0.2, 0.25) is 0 Å². The van der Waals surface area contributed by atoms with Gasteiger partial charge >= 0.3 is 12.3 Å². The molecule has 2 unspecified atom stereocenters. The summed E-state index contributed by atoms with van der Waals surface area (Å²) in [6, 6.07) is 8.20. The molecule has 1 aliphatic heterocycles. The number of carbonyl (C=O) groups excluding carboxylic acids is 1. The Morgan fingerprint density at radius 2 is 1.92 bits per heavy atom. The Labute approximate surface area is 144 Å². The molecule has 1 aromatic carbocycles. The van der Waals surface area contributed by atoms with Crippen molar-refractivity contribution in [3.05, 3.63) is 60.2 Å². The minimum Gasteiger partial charge on any atom is -0.436 e. The number of hydrogen-bond donors (Lipinski definition) is 0. The average Bonchev–Trinajstić information content (AvgIpc) is 2.92. The number of amides is 1. The van der Waals surface area contributed by atoms with Crippen molar-refractivity contribution in [3.8, 4) is 0 Å². The SMILES string of the molecule is CCC1(N2CC(CC(F)(F)F)(c3ccccc3)OC2=O)C=CC=CC1. The minimum absolute atomic E-state index is 0.124. The van der Waals surface area contributed by atoms with Gasteiger partial charge in [0.1, 0.15) is 0 Å². The molecule has 1 heterocycles. The molecule has 1 aliphatic carbocycles. The number of carbonyl (C=O) groups is 1. The number of benzene rings is 1. The molecule has 0 saturated carbocycles. The van der Waals surface area contributed by atoms with Crippen LogP contribution in [0.4, 0.5) is 18.0 Å². The van der Waals surface area contributed by atoms with Gasteiger partial charge in [0.05, 0.1) is 18.5 Å². The van der Waals surface area contributed by atoms with Gasteiger partial charge in [-0.2, -0.15) is 13.2 Å². The molecule has 2 aliphatic rings. The highest BCUT2D eigenvalue weighted by molar-refractivity contribution is 5.73. The molecule has 2 atom stereocenters. The number of rotatable bonds is 4. The zero-order valence-electron chi connectivity index (χ0n) is 13.9. The van der Waals surface area contributed by atoms with Crippen LogP contribution < -0.4 is 0 Å². The second-order valence-corrected chi connectivity index (χ2v) is 6.55. The van der Waals surface area contributed by atoms with E-state index in [1.54, 1.807) is 30.3 Å². The third-order valence-corrected chi connectivity index (χ3v) is 4.98. The fraction of sp³-hybridized carbons (Fsp3) is 0.421. The summed E-state index contributed by atoms with van der Waals surface area (Å²) >= 11 is 0. The molecule has 0 aromatic heterocycles. The Morgan fingerprint density at radius 1 is 1.20 bits per heavy atom. The van der Waals surface area contributed by atoms with Gasteiger partial charge in [0.15, 0.2) is 5.60 Å². The molecule has 0 N–H and O–H groups in total. The number of allylic oxidation sites excluding steroid dienone is 2. The van der Waals surface area contributed by atoms with Gasteiger partial charge in [-0.3, -0.25) is 4.90 Å². The van der Waals surface area contributed by atoms with Crippen molar-refractivity contribution in [2.24, 2.45) is 0 Å². The summed E-state index contributed by atoms with van der Waals surface area (Å²) in [5.74, 6) is 0. The topological polar surface area (TPSA) is 29.5 Å². The number of alkyl halides is 3. The largest absolute Gasteiger partial charge is 0.436 e. The first-order valence-corrected chi connectivity index (χ1v) is 8.28. The Morgan fingerprint density at radius 3 is 2.48 bits per heavy atom. The molecule has 1 aromatic rings. The molecule has 1 saturated heterocycles. The van der Waals surface area contributed by atoms with Gasteiger partial charge in [-0.1, -0.05) is 61.6 Å². The number of halogens is 3. The standard InChI is InChI=1S/C19H20F3NO2/c1-2-17(11-7-4-8-12-17)23-14-18(25-16(23)24,13-19(20,21)22)15-9-5-3-6-10-15/h3-11H,2,12-14H2,1H3. The van der Waals surface area contributed by atoms with E-state index in [0.717, 1.165) is 0 Å². The minimum atomic E-state index is -4.45. The van der Waals surface area contributed by atoms with Crippen molar-refractivity contribution in [2.45, 2.75) is 43.5 Å². The normalized spacial score (nSPS) is 29.1. The first kappa shape index (κ1) is 17.6. The third kappa shape index (κ3) is 3.30. The maximum absolute atomic E-state index is 13.3. The lowest BCUT2D eigenvalue weighted by Gasteiger charge is -2.38. The predicted octanol–water partition coefficient (Wildman–Crippen LogP) is 4.95. The van der Waals surface area contributed by atoms with Crippen molar-refractivity contribution in [1.82, 2.24) is 4.90 Å². The van der Waals surface area contributed by atoms with Crippen LogP contribution in [0, 0.1) is 0 Å². The van der Waals surface area contributed by atoms with E-state index in [-0.39, 0.29) is 6.54 Å². The van der Waals surface area contributed by atoms with Gasteiger partial charge < -0.3 is 4.74 Å². The summed E-state index contributed by atoms with van der Waals surface area (Å²) in [5, 5.41) is 0. The van der Waals surface area contributed by atoms with Gasteiger partial charge in [-0.05, 0) is 18.4 Å². The van der Waals surface area contributed by atoms with Gasteiger partial charge in [-0.15, -0.1) is 0 Å². The smallest absolute Gasteiger partial charge is 0.411 e. The molecule has 0 bridgehead atoms. The van der Waals surface area contributed by atoms with Crippen molar-refractivity contribution in [3.63, 3.8) is 0 Å². The monoisotopic (exact) mass is 351 g/mol. The number of nitrogens with zero attached hydrogens (tertiary/aromatic N) is 1. The number of ether oxygens (including phenoxy) is 1. The van der Waals surface area contributed by atoms with E-state index in [1.807, 2.05) is 31.2 Å². The zero-order valence-corrected chi connectivity index (χ0v) is 13.9. The quantitative estimate of drug-likeness (QED) is 0.768. The fourth-order valence-electron chi connectivity index (χ4n) is 3.63. The molecule has 1 fully saturated rings. The molecule has 25 heavy (non-hydrogen) atoms. The Bertz CT molecular complexity index is 698. The summed E-state index contributed by atoms with van der Waals surface area (Å²) in [6.07, 6.45) is 2.30. The lowest BCUT2D eigenvalue weighted by Crippen LogP contribution is -2.49. The molecule has 3 nitrogen and oxygen atoms in total. The molecular formula is C19H20F3NO2.